The molecule has 1 saturated carbocycles. The first kappa shape index (κ1) is 22.3. The van der Waals surface area contributed by atoms with Gasteiger partial charge in [0, 0.05) is 18.8 Å². The first-order chi connectivity index (χ1) is 15.7. The van der Waals surface area contributed by atoms with Crippen LogP contribution in [-0.2, 0) is 11.4 Å². The predicted octanol–water partition coefficient (Wildman–Crippen LogP) is 4.73. The molecule has 1 heterocycles. The van der Waals surface area contributed by atoms with Crippen LogP contribution in [0.25, 0.3) is 5.69 Å². The summed E-state index contributed by atoms with van der Waals surface area (Å²) in [5, 5.41) is 9.19. The number of aromatic nitrogens is 3. The lowest BCUT2D eigenvalue weighted by Crippen LogP contribution is -2.35. The molecule has 0 spiro atoms. The van der Waals surface area contributed by atoms with Crippen molar-refractivity contribution in [1.29, 1.82) is 0 Å². The van der Waals surface area contributed by atoms with Crippen molar-refractivity contribution in [3.05, 3.63) is 66.2 Å². The highest BCUT2D eigenvalue weighted by Crippen LogP contribution is 2.30. The van der Waals surface area contributed by atoms with Crippen LogP contribution in [0.3, 0.4) is 0 Å². The van der Waals surface area contributed by atoms with Crippen molar-refractivity contribution in [2.75, 3.05) is 18.8 Å². The quantitative estimate of drug-likeness (QED) is 0.392. The Morgan fingerprint density at radius 3 is 2.62 bits per heavy atom. The fourth-order valence-electron chi connectivity index (χ4n) is 3.45. The summed E-state index contributed by atoms with van der Waals surface area (Å²) in [6.45, 7) is 3.78. The lowest BCUT2D eigenvalue weighted by molar-refractivity contribution is -0.128. The van der Waals surface area contributed by atoms with E-state index in [0.29, 0.717) is 22.7 Å². The summed E-state index contributed by atoms with van der Waals surface area (Å²) < 4.78 is 21.5. The number of carbonyl (C=O) groups is 1. The SMILES string of the molecule is CCCN(CC1CC1)C(=O)CSc1nnc(COc2ccccc2F)n1-c1ccccc1. The zero-order valence-corrected chi connectivity index (χ0v) is 18.9. The molecule has 3 aromatic rings. The third-order valence-corrected chi connectivity index (χ3v) is 6.17. The van der Waals surface area contributed by atoms with E-state index in [9.17, 15) is 9.18 Å². The normalized spacial score (nSPS) is 13.2. The molecule has 0 unspecified atom stereocenters. The van der Waals surface area contributed by atoms with Gasteiger partial charge in [0.2, 0.25) is 5.91 Å². The van der Waals surface area contributed by atoms with E-state index in [-0.39, 0.29) is 18.3 Å². The highest BCUT2D eigenvalue weighted by atomic mass is 32.2. The van der Waals surface area contributed by atoms with Crippen molar-refractivity contribution in [2.24, 2.45) is 5.92 Å². The van der Waals surface area contributed by atoms with E-state index in [1.807, 2.05) is 39.8 Å². The van der Waals surface area contributed by atoms with Crippen LogP contribution in [0.4, 0.5) is 4.39 Å². The monoisotopic (exact) mass is 454 g/mol. The van der Waals surface area contributed by atoms with Gasteiger partial charge in [-0.2, -0.15) is 0 Å². The summed E-state index contributed by atoms with van der Waals surface area (Å²) in [5.74, 6) is 1.35. The van der Waals surface area contributed by atoms with E-state index < -0.39 is 5.82 Å². The average Bonchev–Trinajstić information content (AvgIpc) is 3.54. The molecule has 8 heteroatoms. The van der Waals surface area contributed by atoms with Crippen molar-refractivity contribution < 1.29 is 13.9 Å². The van der Waals surface area contributed by atoms with Gasteiger partial charge in [0.05, 0.1) is 5.75 Å². The molecule has 1 amide bonds. The molecule has 6 nitrogen and oxygen atoms in total. The maximum absolute atomic E-state index is 13.9. The Morgan fingerprint density at radius 1 is 1.16 bits per heavy atom. The summed E-state index contributed by atoms with van der Waals surface area (Å²) in [6.07, 6.45) is 3.38. The Morgan fingerprint density at radius 2 is 1.91 bits per heavy atom. The number of hydrogen-bond donors (Lipinski definition) is 0. The summed E-state index contributed by atoms with van der Waals surface area (Å²) in [5.41, 5.74) is 0.864. The van der Waals surface area contributed by atoms with Crippen molar-refractivity contribution in [3.63, 3.8) is 0 Å². The molecule has 0 saturated heterocycles. The molecule has 0 atom stereocenters. The third-order valence-electron chi connectivity index (χ3n) is 5.25. The van der Waals surface area contributed by atoms with E-state index in [0.717, 1.165) is 25.2 Å². The Labute approximate surface area is 191 Å². The number of nitrogens with zero attached hydrogens (tertiary/aromatic N) is 4. The molecule has 32 heavy (non-hydrogen) atoms. The Bertz CT molecular complexity index is 1040. The fraction of sp³-hybridized carbons (Fsp3) is 0.375. The summed E-state index contributed by atoms with van der Waals surface area (Å²) in [4.78, 5) is 14.8. The van der Waals surface area contributed by atoms with Crippen LogP contribution in [0.2, 0.25) is 0 Å². The van der Waals surface area contributed by atoms with Gasteiger partial charge in [-0.05, 0) is 49.4 Å². The summed E-state index contributed by atoms with van der Waals surface area (Å²) >= 11 is 1.37. The molecule has 1 aliphatic carbocycles. The molecule has 0 N–H and O–H groups in total. The highest BCUT2D eigenvalue weighted by Gasteiger charge is 2.27. The second-order valence-corrected chi connectivity index (χ2v) is 8.80. The van der Waals surface area contributed by atoms with Crippen LogP contribution >= 0.6 is 11.8 Å². The Hall–Kier alpha value is -2.87. The van der Waals surface area contributed by atoms with E-state index >= 15 is 0 Å². The van der Waals surface area contributed by atoms with Gasteiger partial charge in [0.15, 0.2) is 22.5 Å². The standard InChI is InChI=1S/C24H27FN4O2S/c1-2-14-28(15-18-12-13-18)23(30)17-32-24-27-26-22(29(24)19-8-4-3-5-9-19)16-31-21-11-7-6-10-20(21)25/h3-11,18H,2,12-17H2,1H3. The highest BCUT2D eigenvalue weighted by molar-refractivity contribution is 7.99. The van der Waals surface area contributed by atoms with Crippen molar-refractivity contribution >= 4 is 17.7 Å². The Kier molecular flexibility index (Phi) is 7.42. The van der Waals surface area contributed by atoms with Gasteiger partial charge in [-0.3, -0.25) is 9.36 Å². The minimum Gasteiger partial charge on any atom is -0.483 e. The molecular weight excluding hydrogens is 427 g/mol. The number of carbonyl (C=O) groups excluding carboxylic acids is 1. The van der Waals surface area contributed by atoms with Gasteiger partial charge in [-0.25, -0.2) is 4.39 Å². The van der Waals surface area contributed by atoms with Gasteiger partial charge in [-0.15, -0.1) is 10.2 Å². The van der Waals surface area contributed by atoms with Crippen LogP contribution in [-0.4, -0.2) is 44.4 Å². The van der Waals surface area contributed by atoms with Crippen LogP contribution < -0.4 is 4.74 Å². The lowest BCUT2D eigenvalue weighted by Gasteiger charge is -2.21. The lowest BCUT2D eigenvalue weighted by atomic mass is 10.3. The maximum Gasteiger partial charge on any atom is 0.233 e. The molecule has 1 fully saturated rings. The number of thioether (sulfide) groups is 1. The first-order valence-electron chi connectivity index (χ1n) is 10.9. The second kappa shape index (κ2) is 10.6. The largest absolute Gasteiger partial charge is 0.483 e. The number of benzene rings is 2. The average molecular weight is 455 g/mol. The topological polar surface area (TPSA) is 60.3 Å². The maximum atomic E-state index is 13.9. The zero-order chi connectivity index (χ0) is 22.3. The minimum atomic E-state index is -0.426. The number of rotatable bonds is 11. The third kappa shape index (κ3) is 5.68. The van der Waals surface area contributed by atoms with Gasteiger partial charge in [0.25, 0.3) is 0 Å². The zero-order valence-electron chi connectivity index (χ0n) is 18.1. The molecule has 0 radical (unpaired) electrons. The van der Waals surface area contributed by atoms with Crippen molar-refractivity contribution in [2.45, 2.75) is 37.9 Å². The van der Waals surface area contributed by atoms with Crippen LogP contribution in [0.5, 0.6) is 5.75 Å². The smallest absolute Gasteiger partial charge is 0.233 e. The van der Waals surface area contributed by atoms with E-state index in [2.05, 4.69) is 17.1 Å². The first-order valence-corrected chi connectivity index (χ1v) is 11.9. The van der Waals surface area contributed by atoms with Crippen LogP contribution in [0, 0.1) is 11.7 Å². The summed E-state index contributed by atoms with van der Waals surface area (Å²) in [6, 6.07) is 15.9. The molecule has 168 valence electrons. The van der Waals surface area contributed by atoms with Gasteiger partial charge >= 0.3 is 0 Å². The molecule has 1 aromatic heterocycles. The summed E-state index contributed by atoms with van der Waals surface area (Å²) in [7, 11) is 0. The van der Waals surface area contributed by atoms with E-state index in [1.54, 1.807) is 18.2 Å². The van der Waals surface area contributed by atoms with Gasteiger partial charge in [-0.1, -0.05) is 49.0 Å². The van der Waals surface area contributed by atoms with Crippen molar-refractivity contribution in [1.82, 2.24) is 19.7 Å². The number of ether oxygens (including phenoxy) is 1. The second-order valence-electron chi connectivity index (χ2n) is 7.86. The number of hydrogen-bond acceptors (Lipinski definition) is 5. The molecule has 4 rings (SSSR count). The van der Waals surface area contributed by atoms with Gasteiger partial charge in [0.1, 0.15) is 6.61 Å². The molecular formula is C24H27FN4O2S. The van der Waals surface area contributed by atoms with E-state index in [1.165, 1.54) is 30.7 Å². The van der Waals surface area contributed by atoms with Crippen LogP contribution in [0.15, 0.2) is 59.8 Å². The Balaban J connectivity index is 1.50. The van der Waals surface area contributed by atoms with E-state index in [4.69, 9.17) is 4.74 Å². The number of para-hydroxylation sites is 2. The number of halogens is 1. The fourth-order valence-corrected chi connectivity index (χ4v) is 4.32. The van der Waals surface area contributed by atoms with Crippen molar-refractivity contribution in [3.8, 4) is 11.4 Å². The molecule has 0 aliphatic heterocycles. The minimum absolute atomic E-state index is 0.0565. The van der Waals surface area contributed by atoms with Gasteiger partial charge < -0.3 is 9.64 Å². The predicted molar refractivity (Wildman–Crippen MR) is 122 cm³/mol. The van der Waals surface area contributed by atoms with Crippen LogP contribution in [0.1, 0.15) is 32.0 Å². The molecule has 2 aromatic carbocycles. The molecule has 0 bridgehead atoms. The molecule has 1 aliphatic rings. The number of amides is 1.